The molecule has 7 nitrogen and oxygen atoms in total. The number of carbonyl (C=O) groups is 1. The van der Waals surface area contributed by atoms with E-state index in [9.17, 15) is 20.2 Å². The number of ether oxygens (including phenoxy) is 1. The molecule has 0 heterocycles. The highest BCUT2D eigenvalue weighted by Crippen LogP contribution is 2.34. The number of anilines is 1. The third-order valence-electron chi connectivity index (χ3n) is 3.23. The van der Waals surface area contributed by atoms with Gasteiger partial charge in [-0.15, -0.1) is 0 Å². The van der Waals surface area contributed by atoms with E-state index in [1.54, 1.807) is 30.3 Å². The number of nitriles is 1. The second-order valence-electron chi connectivity index (χ2n) is 4.94. The zero-order chi connectivity index (χ0) is 19.3. The highest BCUT2D eigenvalue weighted by Gasteiger charge is 2.20. The third-order valence-corrected chi connectivity index (χ3v) is 4.56. The van der Waals surface area contributed by atoms with Crippen molar-refractivity contribution in [3.05, 3.63) is 65.7 Å². The lowest BCUT2D eigenvalue weighted by Crippen LogP contribution is -2.13. The largest absolute Gasteiger partial charge is 0.489 e. The summed E-state index contributed by atoms with van der Waals surface area (Å²) >= 11 is 5.19. The molecule has 0 saturated heterocycles. The van der Waals surface area contributed by atoms with Crippen molar-refractivity contribution in [1.82, 2.24) is 0 Å². The predicted molar refractivity (Wildman–Crippen MR) is 109 cm³/mol. The van der Waals surface area contributed by atoms with Crippen LogP contribution in [0.15, 0.2) is 46.4 Å². The van der Waals surface area contributed by atoms with Crippen LogP contribution in [0.1, 0.15) is 5.56 Å². The third kappa shape index (κ3) is 4.80. The molecular weight excluding hydrogens is 517 g/mol. The summed E-state index contributed by atoms with van der Waals surface area (Å²) in [5.74, 6) is -0.478. The van der Waals surface area contributed by atoms with E-state index < -0.39 is 10.8 Å². The zero-order valence-electron chi connectivity index (χ0n) is 13.3. The number of hydrogen-bond acceptors (Lipinski definition) is 5. The normalized spacial score (nSPS) is 10.8. The molecule has 1 N–H and O–H groups in total. The molecule has 26 heavy (non-hydrogen) atoms. The van der Waals surface area contributed by atoms with Gasteiger partial charge in [-0.2, -0.15) is 5.26 Å². The Labute approximate surface area is 171 Å². The molecule has 132 valence electrons. The number of methoxy groups -OCH3 is 1. The number of nitro benzene ring substituents is 1. The van der Waals surface area contributed by atoms with Crippen LogP contribution in [0.5, 0.6) is 5.75 Å². The van der Waals surface area contributed by atoms with Crippen molar-refractivity contribution in [2.75, 3.05) is 12.4 Å². The van der Waals surface area contributed by atoms with Gasteiger partial charge in [-0.05, 0) is 64.6 Å². The van der Waals surface area contributed by atoms with Crippen molar-refractivity contribution in [1.29, 1.82) is 5.26 Å². The number of rotatable bonds is 5. The van der Waals surface area contributed by atoms with E-state index in [4.69, 9.17) is 4.74 Å². The highest BCUT2D eigenvalue weighted by atomic mass is 127. The van der Waals surface area contributed by atoms with Crippen LogP contribution in [0, 0.1) is 25.0 Å². The van der Waals surface area contributed by atoms with Crippen molar-refractivity contribution in [3.63, 3.8) is 0 Å². The van der Waals surface area contributed by atoms with E-state index in [1.807, 2.05) is 28.7 Å². The molecule has 0 unspecified atom stereocenters. The van der Waals surface area contributed by atoms with E-state index in [-0.39, 0.29) is 17.0 Å². The Hall–Kier alpha value is -2.45. The summed E-state index contributed by atoms with van der Waals surface area (Å²) in [5, 5.41) is 23.1. The molecule has 0 fully saturated rings. The first-order valence-corrected chi connectivity index (χ1v) is 8.93. The fourth-order valence-electron chi connectivity index (χ4n) is 2.07. The van der Waals surface area contributed by atoms with Crippen LogP contribution < -0.4 is 10.1 Å². The minimum absolute atomic E-state index is 0.130. The average molecular weight is 528 g/mol. The Kier molecular flexibility index (Phi) is 6.70. The SMILES string of the molecule is COc1c(I)cc(/C=C(/C#N)C(=O)Nc2ccc(Br)cc2)cc1[N+](=O)[O-]. The number of amides is 1. The van der Waals surface area contributed by atoms with Crippen molar-refractivity contribution < 1.29 is 14.5 Å². The van der Waals surface area contributed by atoms with Crippen LogP contribution >= 0.6 is 38.5 Å². The van der Waals surface area contributed by atoms with Crippen LogP contribution in [0.25, 0.3) is 6.08 Å². The van der Waals surface area contributed by atoms with Crippen LogP contribution in [0.2, 0.25) is 0 Å². The molecule has 0 aliphatic heterocycles. The maximum atomic E-state index is 12.3. The molecular formula is C17H11BrIN3O4. The summed E-state index contributed by atoms with van der Waals surface area (Å²) in [7, 11) is 1.34. The molecule has 1 amide bonds. The quantitative estimate of drug-likeness (QED) is 0.202. The van der Waals surface area contributed by atoms with Gasteiger partial charge in [0.15, 0.2) is 0 Å². The Morgan fingerprint density at radius 1 is 1.38 bits per heavy atom. The second kappa shape index (κ2) is 8.77. The maximum Gasteiger partial charge on any atom is 0.312 e. The number of nitro groups is 1. The summed E-state index contributed by atoms with van der Waals surface area (Å²) in [6.07, 6.45) is 1.29. The highest BCUT2D eigenvalue weighted by molar-refractivity contribution is 14.1. The van der Waals surface area contributed by atoms with E-state index in [2.05, 4.69) is 21.2 Å². The lowest BCUT2D eigenvalue weighted by molar-refractivity contribution is -0.385. The molecule has 2 aromatic carbocycles. The van der Waals surface area contributed by atoms with Gasteiger partial charge in [-0.3, -0.25) is 14.9 Å². The number of hydrogen-bond donors (Lipinski definition) is 1. The van der Waals surface area contributed by atoms with Gasteiger partial charge in [0.1, 0.15) is 11.6 Å². The number of nitrogens with zero attached hydrogens (tertiary/aromatic N) is 2. The van der Waals surface area contributed by atoms with Crippen molar-refractivity contribution in [2.45, 2.75) is 0 Å². The van der Waals surface area contributed by atoms with Gasteiger partial charge in [-0.1, -0.05) is 15.9 Å². The van der Waals surface area contributed by atoms with E-state index in [0.29, 0.717) is 14.8 Å². The molecule has 0 bridgehead atoms. The maximum absolute atomic E-state index is 12.3. The van der Waals surface area contributed by atoms with Crippen LogP contribution in [0.3, 0.4) is 0 Å². The van der Waals surface area contributed by atoms with Gasteiger partial charge in [-0.25, -0.2) is 0 Å². The summed E-state index contributed by atoms with van der Waals surface area (Å²) < 4.78 is 6.39. The number of halogens is 2. The van der Waals surface area contributed by atoms with Crippen molar-refractivity contribution in [3.8, 4) is 11.8 Å². The van der Waals surface area contributed by atoms with Gasteiger partial charge in [0.25, 0.3) is 5.91 Å². The standard InChI is InChI=1S/C17H11BrIN3O4/c1-26-16-14(19)7-10(8-15(16)22(24)25)6-11(9-20)17(23)21-13-4-2-12(18)3-5-13/h2-8H,1H3,(H,21,23)/b11-6-. The molecule has 9 heteroatoms. The fraction of sp³-hybridized carbons (Fsp3) is 0.0588. The smallest absolute Gasteiger partial charge is 0.312 e. The Balaban J connectivity index is 2.36. The van der Waals surface area contributed by atoms with Gasteiger partial charge < -0.3 is 10.1 Å². The van der Waals surface area contributed by atoms with Crippen molar-refractivity contribution in [2.24, 2.45) is 0 Å². The Morgan fingerprint density at radius 3 is 2.58 bits per heavy atom. The first-order valence-electron chi connectivity index (χ1n) is 7.06. The summed E-state index contributed by atoms with van der Waals surface area (Å²) in [6, 6.07) is 11.5. The average Bonchev–Trinajstić information content (AvgIpc) is 2.60. The minimum atomic E-state index is -0.608. The molecule has 0 aliphatic rings. The number of benzene rings is 2. The molecule has 0 aliphatic carbocycles. The molecule has 0 radical (unpaired) electrons. The summed E-state index contributed by atoms with van der Waals surface area (Å²) in [5.41, 5.74) is 0.457. The first-order chi connectivity index (χ1) is 12.3. The monoisotopic (exact) mass is 527 g/mol. The van der Waals surface area contributed by atoms with E-state index in [1.165, 1.54) is 19.3 Å². The lowest BCUT2D eigenvalue weighted by atomic mass is 10.1. The molecule has 2 aromatic rings. The summed E-state index contributed by atoms with van der Waals surface area (Å²) in [6.45, 7) is 0. The molecule has 0 aromatic heterocycles. The lowest BCUT2D eigenvalue weighted by Gasteiger charge is -2.07. The first kappa shape index (κ1) is 19.9. The topological polar surface area (TPSA) is 105 Å². The fourth-order valence-corrected chi connectivity index (χ4v) is 3.19. The van der Waals surface area contributed by atoms with Crippen LogP contribution in [-0.4, -0.2) is 17.9 Å². The number of carbonyl (C=O) groups excluding carboxylic acids is 1. The van der Waals surface area contributed by atoms with Gasteiger partial charge in [0.05, 0.1) is 15.6 Å². The minimum Gasteiger partial charge on any atom is -0.489 e. The second-order valence-corrected chi connectivity index (χ2v) is 7.02. The van der Waals surface area contributed by atoms with Gasteiger partial charge in [0.2, 0.25) is 5.75 Å². The zero-order valence-corrected chi connectivity index (χ0v) is 17.1. The molecule has 0 atom stereocenters. The number of nitrogens with one attached hydrogen (secondary N) is 1. The van der Waals surface area contributed by atoms with E-state index in [0.717, 1.165) is 4.47 Å². The summed E-state index contributed by atoms with van der Waals surface area (Å²) in [4.78, 5) is 22.9. The Bertz CT molecular complexity index is 936. The molecule has 0 spiro atoms. The van der Waals surface area contributed by atoms with Gasteiger partial charge in [0, 0.05) is 16.2 Å². The molecule has 0 saturated carbocycles. The molecule has 2 rings (SSSR count). The van der Waals surface area contributed by atoms with Crippen molar-refractivity contribution >= 4 is 61.9 Å². The van der Waals surface area contributed by atoms with Crippen LogP contribution in [-0.2, 0) is 4.79 Å². The Morgan fingerprint density at radius 2 is 2.04 bits per heavy atom. The van der Waals surface area contributed by atoms with E-state index >= 15 is 0 Å². The van der Waals surface area contributed by atoms with Crippen LogP contribution in [0.4, 0.5) is 11.4 Å². The predicted octanol–water partition coefficient (Wildman–Crippen LogP) is 4.52. The van der Waals surface area contributed by atoms with Gasteiger partial charge >= 0.3 is 5.69 Å².